The second kappa shape index (κ2) is 7.77. The maximum Gasteiger partial charge on any atom is 0.123 e. The number of aryl methyl sites for hydroxylation is 1. The van der Waals surface area contributed by atoms with Crippen LogP contribution in [-0.2, 0) is 24.9 Å². The highest BCUT2D eigenvalue weighted by molar-refractivity contribution is 5.78. The second-order valence-electron chi connectivity index (χ2n) is 6.55. The smallest absolute Gasteiger partial charge is 0.123 e. The van der Waals surface area contributed by atoms with Gasteiger partial charge in [-0.05, 0) is 24.3 Å². The van der Waals surface area contributed by atoms with Crippen molar-refractivity contribution in [1.82, 2.24) is 28.9 Å². The Balaban J connectivity index is 1.76. The van der Waals surface area contributed by atoms with E-state index < -0.39 is 0 Å². The first-order valence-electron chi connectivity index (χ1n) is 8.93. The lowest BCUT2D eigenvalue weighted by Gasteiger charge is -2.11. The van der Waals surface area contributed by atoms with Crippen molar-refractivity contribution in [3.63, 3.8) is 0 Å². The summed E-state index contributed by atoms with van der Waals surface area (Å²) in [6.45, 7) is 1.94. The predicted octanol–water partition coefficient (Wildman–Crippen LogP) is 2.98. The van der Waals surface area contributed by atoms with Crippen molar-refractivity contribution < 1.29 is 9.13 Å². The Bertz CT molecular complexity index is 1060. The Labute approximate surface area is 162 Å². The number of ether oxygens (including phenoxy) is 1. The lowest BCUT2D eigenvalue weighted by atomic mass is 10.1. The van der Waals surface area contributed by atoms with Gasteiger partial charge in [-0.3, -0.25) is 4.68 Å². The maximum absolute atomic E-state index is 13.4. The summed E-state index contributed by atoms with van der Waals surface area (Å²) in [4.78, 5) is 8.89. The Kier molecular flexibility index (Phi) is 5.03. The fourth-order valence-corrected chi connectivity index (χ4v) is 3.21. The van der Waals surface area contributed by atoms with E-state index in [-0.39, 0.29) is 5.82 Å². The molecule has 0 atom stereocenters. The van der Waals surface area contributed by atoms with Crippen molar-refractivity contribution in [1.29, 1.82) is 0 Å². The largest absolute Gasteiger partial charge is 0.383 e. The van der Waals surface area contributed by atoms with E-state index in [9.17, 15) is 4.39 Å². The zero-order chi connectivity index (χ0) is 19.5. The minimum absolute atomic E-state index is 0.270. The van der Waals surface area contributed by atoms with E-state index in [0.29, 0.717) is 13.2 Å². The zero-order valence-corrected chi connectivity index (χ0v) is 15.8. The molecule has 0 unspecified atom stereocenters. The summed E-state index contributed by atoms with van der Waals surface area (Å²) in [5, 5.41) is 4.30. The Morgan fingerprint density at radius 3 is 2.57 bits per heavy atom. The average Bonchev–Trinajstić information content (AvgIpc) is 3.41. The van der Waals surface area contributed by atoms with Crippen molar-refractivity contribution in [2.75, 3.05) is 13.7 Å². The SMILES string of the molecule is COCCn1cncc1Cn1cnc(-c2ccc(F)cc2)c1-c1cnn(C)c1. The topological polar surface area (TPSA) is 62.7 Å². The van der Waals surface area contributed by atoms with Crippen LogP contribution in [0.2, 0.25) is 0 Å². The lowest BCUT2D eigenvalue weighted by molar-refractivity contribution is 0.186. The van der Waals surface area contributed by atoms with Crippen LogP contribution in [0.15, 0.2) is 55.5 Å². The molecule has 0 amide bonds. The molecule has 0 bridgehead atoms. The van der Waals surface area contributed by atoms with E-state index in [1.165, 1.54) is 12.1 Å². The van der Waals surface area contributed by atoms with Crippen LogP contribution >= 0.6 is 0 Å². The molecule has 28 heavy (non-hydrogen) atoms. The maximum atomic E-state index is 13.4. The average molecular weight is 380 g/mol. The quantitative estimate of drug-likeness (QED) is 0.495. The van der Waals surface area contributed by atoms with Gasteiger partial charge in [-0.1, -0.05) is 0 Å². The minimum atomic E-state index is -0.270. The number of imidazole rings is 2. The summed E-state index contributed by atoms with van der Waals surface area (Å²) in [5.74, 6) is -0.270. The summed E-state index contributed by atoms with van der Waals surface area (Å²) in [6.07, 6.45) is 9.20. The third-order valence-corrected chi connectivity index (χ3v) is 4.60. The van der Waals surface area contributed by atoms with Gasteiger partial charge in [-0.2, -0.15) is 5.10 Å². The van der Waals surface area contributed by atoms with Crippen molar-refractivity contribution in [2.24, 2.45) is 7.05 Å². The highest BCUT2D eigenvalue weighted by Gasteiger charge is 2.17. The normalized spacial score (nSPS) is 11.2. The van der Waals surface area contributed by atoms with Gasteiger partial charge in [-0.15, -0.1) is 0 Å². The van der Waals surface area contributed by atoms with Gasteiger partial charge in [0.2, 0.25) is 0 Å². The van der Waals surface area contributed by atoms with Crippen LogP contribution in [-0.4, -0.2) is 42.6 Å². The molecule has 7 nitrogen and oxygen atoms in total. The van der Waals surface area contributed by atoms with Crippen LogP contribution < -0.4 is 0 Å². The summed E-state index contributed by atoms with van der Waals surface area (Å²) in [6, 6.07) is 6.37. The van der Waals surface area contributed by atoms with E-state index in [2.05, 4.69) is 24.2 Å². The molecule has 0 spiro atoms. The van der Waals surface area contributed by atoms with Gasteiger partial charge in [0.1, 0.15) is 5.82 Å². The van der Waals surface area contributed by atoms with Gasteiger partial charge in [0, 0.05) is 44.2 Å². The van der Waals surface area contributed by atoms with Gasteiger partial charge in [-0.25, -0.2) is 14.4 Å². The van der Waals surface area contributed by atoms with Crippen molar-refractivity contribution in [3.05, 3.63) is 67.0 Å². The van der Waals surface area contributed by atoms with Gasteiger partial charge in [0.05, 0.1) is 49.1 Å². The molecule has 0 fully saturated rings. The zero-order valence-electron chi connectivity index (χ0n) is 15.8. The molecular weight excluding hydrogens is 359 g/mol. The molecule has 3 aromatic heterocycles. The molecule has 1 aromatic carbocycles. The molecule has 0 aliphatic heterocycles. The fraction of sp³-hybridized carbons (Fsp3) is 0.250. The monoisotopic (exact) mass is 380 g/mol. The Morgan fingerprint density at radius 1 is 1.04 bits per heavy atom. The van der Waals surface area contributed by atoms with Crippen LogP contribution in [0, 0.1) is 5.82 Å². The predicted molar refractivity (Wildman–Crippen MR) is 103 cm³/mol. The molecule has 144 valence electrons. The fourth-order valence-electron chi connectivity index (χ4n) is 3.21. The van der Waals surface area contributed by atoms with E-state index in [1.54, 1.807) is 36.6 Å². The van der Waals surface area contributed by atoms with Crippen molar-refractivity contribution >= 4 is 0 Å². The van der Waals surface area contributed by atoms with Crippen molar-refractivity contribution in [3.8, 4) is 22.5 Å². The summed E-state index contributed by atoms with van der Waals surface area (Å²) >= 11 is 0. The molecular formula is C20H21FN6O. The number of rotatable bonds is 7. The molecule has 0 aliphatic carbocycles. The number of benzene rings is 1. The molecule has 8 heteroatoms. The minimum Gasteiger partial charge on any atom is -0.383 e. The summed E-state index contributed by atoms with van der Waals surface area (Å²) < 4.78 is 24.4. The van der Waals surface area contributed by atoms with Gasteiger partial charge < -0.3 is 13.9 Å². The number of halogens is 1. The summed E-state index contributed by atoms with van der Waals surface area (Å²) in [7, 11) is 3.56. The lowest BCUT2D eigenvalue weighted by Crippen LogP contribution is -2.10. The van der Waals surface area contributed by atoms with Crippen LogP contribution in [0.4, 0.5) is 4.39 Å². The number of hydrogen-bond donors (Lipinski definition) is 0. The Morgan fingerprint density at radius 2 is 1.86 bits per heavy atom. The molecule has 0 saturated heterocycles. The summed E-state index contributed by atoms with van der Waals surface area (Å²) in [5.41, 5.74) is 4.56. The first-order valence-corrected chi connectivity index (χ1v) is 8.93. The van der Waals surface area contributed by atoms with Gasteiger partial charge >= 0.3 is 0 Å². The molecule has 0 radical (unpaired) electrons. The first kappa shape index (κ1) is 18.1. The number of nitrogens with zero attached hydrogens (tertiary/aromatic N) is 6. The molecule has 0 N–H and O–H groups in total. The first-order chi connectivity index (χ1) is 13.7. The highest BCUT2D eigenvalue weighted by Crippen LogP contribution is 2.31. The number of aromatic nitrogens is 6. The van der Waals surface area contributed by atoms with Gasteiger partial charge in [0.15, 0.2) is 0 Å². The van der Waals surface area contributed by atoms with E-state index >= 15 is 0 Å². The Hall–Kier alpha value is -3.26. The van der Waals surface area contributed by atoms with E-state index in [0.717, 1.165) is 34.8 Å². The standard InChI is InChI=1S/C20H21FN6O/c1-25-11-16(9-24-25)20-19(15-3-5-17(21)6-4-15)23-14-27(20)12-18-10-22-13-26(18)7-8-28-2/h3-6,9-11,13-14H,7-8,12H2,1-2H3. The molecule has 0 aliphatic rings. The van der Waals surface area contributed by atoms with Gasteiger partial charge in [0.25, 0.3) is 0 Å². The molecule has 4 aromatic rings. The highest BCUT2D eigenvalue weighted by atomic mass is 19.1. The second-order valence-corrected chi connectivity index (χ2v) is 6.55. The van der Waals surface area contributed by atoms with Crippen molar-refractivity contribution in [2.45, 2.75) is 13.1 Å². The third kappa shape index (κ3) is 3.59. The molecule has 4 rings (SSSR count). The van der Waals surface area contributed by atoms with E-state index in [4.69, 9.17) is 4.74 Å². The number of methoxy groups -OCH3 is 1. The number of hydrogen-bond acceptors (Lipinski definition) is 4. The van der Waals surface area contributed by atoms with E-state index in [1.807, 2.05) is 25.6 Å². The van der Waals surface area contributed by atoms with Crippen LogP contribution in [0.3, 0.4) is 0 Å². The third-order valence-electron chi connectivity index (χ3n) is 4.60. The van der Waals surface area contributed by atoms with Crippen LogP contribution in [0.1, 0.15) is 5.69 Å². The van der Waals surface area contributed by atoms with Crippen LogP contribution in [0.25, 0.3) is 22.5 Å². The van der Waals surface area contributed by atoms with Crippen LogP contribution in [0.5, 0.6) is 0 Å². The molecule has 0 saturated carbocycles. The molecule has 3 heterocycles.